The Hall–Kier alpha value is -2.74. The summed E-state index contributed by atoms with van der Waals surface area (Å²) in [4.78, 5) is 2.13. The van der Waals surface area contributed by atoms with Crippen LogP contribution in [0, 0.1) is 0 Å². The minimum atomic E-state index is 0.295. The second-order valence-electron chi connectivity index (χ2n) is 6.80. The summed E-state index contributed by atoms with van der Waals surface area (Å²) in [6.45, 7) is 3.48. The van der Waals surface area contributed by atoms with E-state index in [0.29, 0.717) is 29.2 Å². The minimum absolute atomic E-state index is 0.295. The number of rotatable bonds is 7. The normalized spacial score (nSPS) is 14.4. The van der Waals surface area contributed by atoms with Crippen LogP contribution in [0.4, 0.5) is 5.82 Å². The third-order valence-corrected chi connectivity index (χ3v) is 5.15. The van der Waals surface area contributed by atoms with E-state index in [1.165, 1.54) is 12.8 Å². The van der Waals surface area contributed by atoms with Crippen LogP contribution < -0.4 is 9.64 Å². The molecule has 0 saturated heterocycles. The molecule has 3 aromatic rings. The number of aromatic amines is 1. The zero-order chi connectivity index (χ0) is 19.3. The zero-order valence-electron chi connectivity index (χ0n) is 15.7. The third kappa shape index (κ3) is 4.22. The molecule has 8 nitrogen and oxygen atoms in total. The fourth-order valence-electron chi connectivity index (χ4n) is 3.42. The van der Waals surface area contributed by atoms with E-state index in [2.05, 4.69) is 42.6 Å². The Bertz CT molecular complexity index is 895. The van der Waals surface area contributed by atoms with E-state index in [1.54, 1.807) is 0 Å². The number of nitrogens with zero attached hydrogens (tertiary/aromatic N) is 6. The van der Waals surface area contributed by atoms with Crippen molar-refractivity contribution in [3.8, 4) is 17.3 Å². The number of aromatic nitrogens is 6. The lowest BCUT2D eigenvalue weighted by Crippen LogP contribution is -2.24. The summed E-state index contributed by atoms with van der Waals surface area (Å²) in [5.41, 5.74) is 1.62. The number of H-pyrrole nitrogens is 1. The first kappa shape index (κ1) is 18.6. The Morgan fingerprint density at radius 2 is 2.00 bits per heavy atom. The lowest BCUT2D eigenvalue weighted by atomic mass is 10.1. The van der Waals surface area contributed by atoms with Gasteiger partial charge in [-0.05, 0) is 68.2 Å². The summed E-state index contributed by atoms with van der Waals surface area (Å²) in [5, 5.41) is 23.1. The molecule has 28 heavy (non-hydrogen) atoms. The van der Waals surface area contributed by atoms with Crippen molar-refractivity contribution >= 4 is 17.4 Å². The molecule has 1 N–H and O–H groups in total. The highest BCUT2D eigenvalue weighted by atomic mass is 35.5. The van der Waals surface area contributed by atoms with Gasteiger partial charge in [-0.1, -0.05) is 11.6 Å². The summed E-state index contributed by atoms with van der Waals surface area (Å²) in [5.74, 6) is 2.08. The van der Waals surface area contributed by atoms with Crippen LogP contribution in [-0.2, 0) is 6.54 Å². The van der Waals surface area contributed by atoms with Crippen molar-refractivity contribution in [2.24, 2.45) is 0 Å². The van der Waals surface area contributed by atoms with Crippen molar-refractivity contribution in [1.29, 1.82) is 0 Å². The predicted molar refractivity (Wildman–Crippen MR) is 106 cm³/mol. The van der Waals surface area contributed by atoms with Crippen molar-refractivity contribution < 1.29 is 4.74 Å². The summed E-state index contributed by atoms with van der Waals surface area (Å²) in [6, 6.07) is 9.56. The van der Waals surface area contributed by atoms with Gasteiger partial charge in [0.05, 0.1) is 6.10 Å². The van der Waals surface area contributed by atoms with Crippen molar-refractivity contribution in [2.75, 3.05) is 11.4 Å². The van der Waals surface area contributed by atoms with E-state index >= 15 is 0 Å². The number of hydrogen-bond donors (Lipinski definition) is 1. The second kappa shape index (κ2) is 8.52. The van der Waals surface area contributed by atoms with Crippen molar-refractivity contribution in [2.45, 2.75) is 45.3 Å². The number of hydrogen-bond acceptors (Lipinski definition) is 7. The minimum Gasteiger partial charge on any atom is -0.490 e. The van der Waals surface area contributed by atoms with Gasteiger partial charge >= 0.3 is 0 Å². The molecule has 0 radical (unpaired) electrons. The molecule has 1 aliphatic carbocycles. The molecule has 1 saturated carbocycles. The Morgan fingerprint density at radius 1 is 1.14 bits per heavy atom. The monoisotopic (exact) mass is 399 g/mol. The smallest absolute Gasteiger partial charge is 0.224 e. The van der Waals surface area contributed by atoms with Crippen molar-refractivity contribution in [3.63, 3.8) is 0 Å². The molecule has 9 heteroatoms. The molecule has 0 aliphatic heterocycles. The van der Waals surface area contributed by atoms with Crippen LogP contribution in [0.1, 0.15) is 38.2 Å². The number of ether oxygens (including phenoxy) is 1. The Labute approximate surface area is 168 Å². The molecule has 1 aliphatic rings. The van der Waals surface area contributed by atoms with Gasteiger partial charge in [0.15, 0.2) is 5.82 Å². The molecule has 2 heterocycles. The highest BCUT2D eigenvalue weighted by molar-refractivity contribution is 6.30. The van der Waals surface area contributed by atoms with Crippen LogP contribution in [0.2, 0.25) is 5.02 Å². The number of anilines is 1. The maximum atomic E-state index is 6.26. The Balaban J connectivity index is 1.53. The van der Waals surface area contributed by atoms with Gasteiger partial charge in [0, 0.05) is 23.7 Å². The molecule has 1 fully saturated rings. The summed E-state index contributed by atoms with van der Waals surface area (Å²) < 4.78 is 6.26. The van der Waals surface area contributed by atoms with Gasteiger partial charge in [0.2, 0.25) is 5.82 Å². The molecular formula is C19H22ClN7O. The molecule has 2 aromatic heterocycles. The lowest BCUT2D eigenvalue weighted by molar-refractivity contribution is 0.208. The quantitative estimate of drug-likeness (QED) is 0.648. The maximum Gasteiger partial charge on any atom is 0.224 e. The largest absolute Gasteiger partial charge is 0.490 e. The maximum absolute atomic E-state index is 6.26. The van der Waals surface area contributed by atoms with E-state index < -0.39 is 0 Å². The number of tetrazole rings is 1. The van der Waals surface area contributed by atoms with Crippen LogP contribution in [-0.4, -0.2) is 43.5 Å². The van der Waals surface area contributed by atoms with E-state index in [4.69, 9.17) is 16.3 Å². The van der Waals surface area contributed by atoms with Gasteiger partial charge < -0.3 is 9.64 Å². The number of benzene rings is 1. The third-order valence-electron chi connectivity index (χ3n) is 4.91. The Morgan fingerprint density at radius 3 is 2.68 bits per heavy atom. The molecule has 0 spiro atoms. The highest BCUT2D eigenvalue weighted by Gasteiger charge is 2.19. The lowest BCUT2D eigenvalue weighted by Gasteiger charge is -2.24. The first-order valence-electron chi connectivity index (χ1n) is 9.50. The van der Waals surface area contributed by atoms with Crippen LogP contribution in [0.25, 0.3) is 11.5 Å². The van der Waals surface area contributed by atoms with Crippen LogP contribution >= 0.6 is 11.6 Å². The van der Waals surface area contributed by atoms with Crippen LogP contribution in [0.3, 0.4) is 0 Å². The predicted octanol–water partition coefficient (Wildman–Crippen LogP) is 3.66. The van der Waals surface area contributed by atoms with Crippen molar-refractivity contribution in [3.05, 3.63) is 40.9 Å². The van der Waals surface area contributed by atoms with E-state index in [-0.39, 0.29) is 0 Å². The average Bonchev–Trinajstić information content (AvgIpc) is 3.42. The average molecular weight is 400 g/mol. The Kier molecular flexibility index (Phi) is 5.66. The van der Waals surface area contributed by atoms with Crippen LogP contribution in [0.15, 0.2) is 30.3 Å². The molecule has 0 unspecified atom stereocenters. The van der Waals surface area contributed by atoms with E-state index in [1.807, 2.05) is 30.3 Å². The van der Waals surface area contributed by atoms with Gasteiger partial charge in [-0.3, -0.25) is 0 Å². The SMILES string of the molecule is CCN(Cc1cc(Cl)ccc1OC1CCCC1)c1ccc(-c2nn[nH]n2)nn1. The summed E-state index contributed by atoms with van der Waals surface area (Å²) in [7, 11) is 0. The number of halogens is 1. The molecule has 0 bridgehead atoms. The first-order valence-corrected chi connectivity index (χ1v) is 9.88. The first-order chi connectivity index (χ1) is 13.7. The molecule has 4 rings (SSSR count). The van der Waals surface area contributed by atoms with Gasteiger partial charge in [0.25, 0.3) is 0 Å². The van der Waals surface area contributed by atoms with Gasteiger partial charge in [0.1, 0.15) is 11.4 Å². The standard InChI is InChI=1S/C19H22ClN7O/c1-2-27(18-10-8-16(21-22-18)19-23-25-26-24-19)12-13-11-14(20)7-9-17(13)28-15-5-3-4-6-15/h7-11,15H,2-6,12H2,1H3,(H,23,24,25,26). The molecule has 0 amide bonds. The fraction of sp³-hybridized carbons (Fsp3) is 0.421. The van der Waals surface area contributed by atoms with Gasteiger partial charge in [-0.2, -0.15) is 5.21 Å². The zero-order valence-corrected chi connectivity index (χ0v) is 16.4. The molecule has 146 valence electrons. The highest BCUT2D eigenvalue weighted by Crippen LogP contribution is 2.30. The van der Waals surface area contributed by atoms with Crippen molar-refractivity contribution in [1.82, 2.24) is 30.8 Å². The van der Waals surface area contributed by atoms with Crippen LogP contribution in [0.5, 0.6) is 5.75 Å². The molecular weight excluding hydrogens is 378 g/mol. The second-order valence-corrected chi connectivity index (χ2v) is 7.24. The number of nitrogens with one attached hydrogen (secondary N) is 1. The fourth-order valence-corrected chi connectivity index (χ4v) is 3.61. The summed E-state index contributed by atoms with van der Waals surface area (Å²) in [6.07, 6.45) is 4.99. The summed E-state index contributed by atoms with van der Waals surface area (Å²) >= 11 is 6.26. The van der Waals surface area contributed by atoms with E-state index in [0.717, 1.165) is 36.5 Å². The molecule has 0 atom stereocenters. The van der Waals surface area contributed by atoms with Gasteiger partial charge in [-0.15, -0.1) is 20.4 Å². The topological polar surface area (TPSA) is 92.7 Å². The van der Waals surface area contributed by atoms with E-state index in [9.17, 15) is 0 Å². The van der Waals surface area contributed by atoms with Gasteiger partial charge in [-0.25, -0.2) is 0 Å². The molecule has 1 aromatic carbocycles.